The van der Waals surface area contributed by atoms with E-state index in [0.717, 1.165) is 0 Å². The van der Waals surface area contributed by atoms with Crippen molar-refractivity contribution < 1.29 is 63.2 Å². The predicted octanol–water partition coefficient (Wildman–Crippen LogP) is 1.59. The van der Waals surface area contributed by atoms with Gasteiger partial charge in [0.1, 0.15) is 23.6 Å². The maximum absolute atomic E-state index is 14.2. The molecule has 0 radical (unpaired) electrons. The molecule has 4 fully saturated rings. The van der Waals surface area contributed by atoms with E-state index in [1.165, 1.54) is 7.11 Å². The van der Waals surface area contributed by atoms with E-state index in [2.05, 4.69) is 4.90 Å². The van der Waals surface area contributed by atoms with Gasteiger partial charge in [-0.2, -0.15) is 0 Å². The first-order chi connectivity index (χ1) is 25.5. The number of hydrogen-bond donors (Lipinski definition) is 4. The SMILES string of the molecule is CO[C@]1(C)C[C@H](O[C@H]2[C@H](C)[C@@H](O[C@@H]3O[C@H](C)C[C@@H](N(C)CCO)[C@@H]3N(C)C)[C@@](C)(OC)C[C@@H](C)C(=O)[C@H](C)[C@@H](O)[C@@]3(O)C(C)[C@H]3OC(=O)[C@@H]2C)O[C@@H](C)[C@@H]1O. The Morgan fingerprint density at radius 2 is 1.47 bits per heavy atom. The summed E-state index contributed by atoms with van der Waals surface area (Å²) < 4.78 is 44.9. The number of nitrogens with zero attached hydrogens (tertiary/aromatic N) is 2. The van der Waals surface area contributed by atoms with Crippen LogP contribution in [0.2, 0.25) is 0 Å². The normalized spacial score (nSPS) is 49.0. The fourth-order valence-corrected chi connectivity index (χ4v) is 9.66. The number of carbonyl (C=O) groups is 2. The van der Waals surface area contributed by atoms with Gasteiger partial charge in [-0.1, -0.05) is 27.7 Å². The lowest BCUT2D eigenvalue weighted by Crippen LogP contribution is -2.64. The summed E-state index contributed by atoms with van der Waals surface area (Å²) in [4.78, 5) is 32.4. The minimum Gasteiger partial charge on any atom is -0.458 e. The van der Waals surface area contributed by atoms with Crippen molar-refractivity contribution in [2.75, 3.05) is 48.5 Å². The number of methoxy groups -OCH3 is 2. The molecule has 0 aromatic rings. The van der Waals surface area contributed by atoms with Crippen LogP contribution in [-0.2, 0) is 42.7 Å². The number of ketones is 1. The quantitative estimate of drug-likeness (QED) is 0.234. The van der Waals surface area contributed by atoms with Gasteiger partial charge in [0.05, 0.1) is 60.3 Å². The van der Waals surface area contributed by atoms with Crippen LogP contribution in [0.1, 0.15) is 81.6 Å². The minimum absolute atomic E-state index is 0.0145. The monoisotopic (exact) mass is 789 g/mol. The average Bonchev–Trinajstić information content (AvgIpc) is 3.66. The topological polar surface area (TPSA) is 186 Å². The van der Waals surface area contributed by atoms with E-state index in [0.29, 0.717) is 13.0 Å². The summed E-state index contributed by atoms with van der Waals surface area (Å²) >= 11 is 0. The van der Waals surface area contributed by atoms with Gasteiger partial charge in [0.25, 0.3) is 0 Å². The fourth-order valence-electron chi connectivity index (χ4n) is 9.66. The first-order valence-corrected chi connectivity index (χ1v) is 20.0. The molecular formula is C40H72N2O13. The van der Waals surface area contributed by atoms with E-state index in [-0.39, 0.29) is 43.4 Å². The van der Waals surface area contributed by atoms with Crippen LogP contribution in [0.3, 0.4) is 0 Å². The van der Waals surface area contributed by atoms with Gasteiger partial charge >= 0.3 is 5.97 Å². The minimum atomic E-state index is -1.80. The van der Waals surface area contributed by atoms with Crippen molar-refractivity contribution in [2.24, 2.45) is 29.6 Å². The smallest absolute Gasteiger partial charge is 0.311 e. The Morgan fingerprint density at radius 1 is 0.855 bits per heavy atom. The molecule has 4 rings (SSSR count). The molecule has 1 saturated carbocycles. The van der Waals surface area contributed by atoms with Gasteiger partial charge in [0.15, 0.2) is 12.6 Å². The molecule has 15 nitrogen and oxygen atoms in total. The summed E-state index contributed by atoms with van der Waals surface area (Å²) in [6.07, 6.45) is -6.94. The second-order valence-corrected chi connectivity index (χ2v) is 17.8. The zero-order valence-corrected chi connectivity index (χ0v) is 35.6. The first-order valence-electron chi connectivity index (χ1n) is 20.0. The fraction of sp³-hybridized carbons (Fsp3) is 0.950. The number of likely N-dealkylation sites (N-methyl/N-ethyl adjacent to an activating group) is 2. The standard InChI is InChI=1S/C40H72N2O13/c1-20-18-39(9,50-14)34(55-37-29(41(10)11)27(17-21(2)51-37)42(12)15-16-43)23(4)31(53-28-19-38(8,49-13)33(46)26(7)52-28)24(5)36(47)54-35-25(6)40(35,48)32(45)22(3)30(20)44/h20-29,31-35,37,43,45-46,48H,15-19H2,1-14H3/t20-,21-,22+,23+,24-,25?,26+,27-,28+,29+,31+,32-,33+,34-,35-,37+,38-,39+,40+/m1/s1. The lowest BCUT2D eigenvalue weighted by Gasteiger charge is -2.51. The molecule has 55 heavy (non-hydrogen) atoms. The van der Waals surface area contributed by atoms with E-state index >= 15 is 0 Å². The Balaban J connectivity index is 1.86. The van der Waals surface area contributed by atoms with Gasteiger partial charge < -0.3 is 58.5 Å². The number of esters is 1. The van der Waals surface area contributed by atoms with E-state index < -0.39 is 102 Å². The highest BCUT2D eigenvalue weighted by atomic mass is 16.7. The van der Waals surface area contributed by atoms with Crippen LogP contribution in [0.5, 0.6) is 0 Å². The van der Waals surface area contributed by atoms with Gasteiger partial charge in [-0.15, -0.1) is 0 Å². The predicted molar refractivity (Wildman–Crippen MR) is 202 cm³/mol. The number of fused-ring (bicyclic) bond motifs is 1. The van der Waals surface area contributed by atoms with Gasteiger partial charge in [-0.3, -0.25) is 14.5 Å². The second-order valence-electron chi connectivity index (χ2n) is 17.8. The summed E-state index contributed by atoms with van der Waals surface area (Å²) in [5, 5.41) is 43.9. The Kier molecular flexibility index (Phi) is 15.1. The number of carbonyl (C=O) groups excluding carboxylic acids is 2. The number of rotatable bonds is 10. The van der Waals surface area contributed by atoms with Crippen LogP contribution in [-0.4, -0.2) is 175 Å². The zero-order valence-electron chi connectivity index (χ0n) is 35.6. The van der Waals surface area contributed by atoms with Crippen molar-refractivity contribution in [3.05, 3.63) is 0 Å². The molecule has 4 aliphatic rings. The molecule has 0 bridgehead atoms. The van der Waals surface area contributed by atoms with Crippen LogP contribution in [0.25, 0.3) is 0 Å². The number of ether oxygens (including phenoxy) is 7. The van der Waals surface area contributed by atoms with Gasteiger partial charge in [-0.05, 0) is 68.6 Å². The summed E-state index contributed by atoms with van der Waals surface area (Å²) in [5.74, 6) is -4.82. The van der Waals surface area contributed by atoms with Crippen LogP contribution >= 0.6 is 0 Å². The molecule has 4 N–H and O–H groups in total. The lowest BCUT2D eigenvalue weighted by molar-refractivity contribution is -0.314. The maximum Gasteiger partial charge on any atom is 0.311 e. The zero-order chi connectivity index (χ0) is 41.5. The summed E-state index contributed by atoms with van der Waals surface area (Å²) in [5.41, 5.74) is -4.02. The molecule has 1 aliphatic carbocycles. The molecule has 3 aliphatic heterocycles. The van der Waals surface area contributed by atoms with E-state index in [9.17, 15) is 30.0 Å². The third kappa shape index (κ3) is 9.13. The third-order valence-electron chi connectivity index (χ3n) is 13.6. The van der Waals surface area contributed by atoms with Crippen molar-refractivity contribution >= 4 is 11.8 Å². The van der Waals surface area contributed by atoms with E-state index in [4.69, 9.17) is 33.2 Å². The Hall–Kier alpha value is -1.34. The highest BCUT2D eigenvalue weighted by molar-refractivity contribution is 5.84. The Labute approximate surface area is 328 Å². The highest BCUT2D eigenvalue weighted by Gasteiger charge is 2.70. The molecule has 1 unspecified atom stereocenters. The molecule has 0 aromatic carbocycles. The van der Waals surface area contributed by atoms with E-state index in [1.54, 1.807) is 48.7 Å². The van der Waals surface area contributed by atoms with E-state index in [1.807, 2.05) is 46.8 Å². The molecule has 3 heterocycles. The molecule has 0 amide bonds. The van der Waals surface area contributed by atoms with Crippen molar-refractivity contribution in [1.29, 1.82) is 0 Å². The molecule has 0 aromatic heterocycles. The van der Waals surface area contributed by atoms with Crippen molar-refractivity contribution in [2.45, 2.75) is 166 Å². The van der Waals surface area contributed by atoms with Crippen molar-refractivity contribution in [3.8, 4) is 0 Å². The number of hydrogen-bond acceptors (Lipinski definition) is 15. The summed E-state index contributed by atoms with van der Waals surface area (Å²) in [7, 11) is 8.94. The van der Waals surface area contributed by atoms with Gasteiger partial charge in [-0.25, -0.2) is 0 Å². The molecular weight excluding hydrogens is 716 g/mol. The van der Waals surface area contributed by atoms with Gasteiger partial charge in [0.2, 0.25) is 0 Å². The molecule has 3 saturated heterocycles. The number of aliphatic hydroxyl groups excluding tert-OH is 3. The van der Waals surface area contributed by atoms with Crippen molar-refractivity contribution in [3.63, 3.8) is 0 Å². The summed E-state index contributed by atoms with van der Waals surface area (Å²) in [6, 6.07) is -0.359. The average molecular weight is 789 g/mol. The largest absolute Gasteiger partial charge is 0.458 e. The third-order valence-corrected chi connectivity index (χ3v) is 13.6. The first kappa shape index (κ1) is 46.4. The maximum atomic E-state index is 14.2. The highest BCUT2D eigenvalue weighted by Crippen LogP contribution is 2.51. The molecule has 0 spiro atoms. The van der Waals surface area contributed by atoms with Crippen molar-refractivity contribution in [1.82, 2.24) is 9.80 Å². The van der Waals surface area contributed by atoms with Crippen LogP contribution in [0.15, 0.2) is 0 Å². The second kappa shape index (κ2) is 17.9. The Bertz CT molecular complexity index is 1310. The van der Waals surface area contributed by atoms with Gasteiger partial charge in [0, 0.05) is 56.9 Å². The summed E-state index contributed by atoms with van der Waals surface area (Å²) in [6.45, 7) is 16.4. The molecule has 15 heteroatoms. The number of aliphatic hydroxyl groups is 4. The Morgan fingerprint density at radius 3 is 2.04 bits per heavy atom. The van der Waals surface area contributed by atoms with Crippen LogP contribution < -0.4 is 0 Å². The lowest BCUT2D eigenvalue weighted by atomic mass is 9.75. The van der Waals surface area contributed by atoms with Crippen LogP contribution in [0, 0.1) is 29.6 Å². The van der Waals surface area contributed by atoms with Crippen LogP contribution in [0.4, 0.5) is 0 Å². The molecule has 320 valence electrons. The molecule has 19 atom stereocenters. The number of Topliss-reactive ketones (excluding diaryl/α,β-unsaturated/α-hetero) is 1.